The molecule has 2 rings (SSSR count). The number of carbonyl (C=O) groups excluding carboxylic acids is 2. The number of hydrazine groups is 1. The highest BCUT2D eigenvalue weighted by molar-refractivity contribution is 5.79. The third-order valence-electron chi connectivity index (χ3n) is 5.75. The second-order valence-electron chi connectivity index (χ2n) is 9.45. The number of urea groups is 1. The summed E-state index contributed by atoms with van der Waals surface area (Å²) >= 11 is 0. The highest BCUT2D eigenvalue weighted by Crippen LogP contribution is 2.23. The molecule has 0 unspecified atom stereocenters. The molecule has 0 atom stereocenters. The van der Waals surface area contributed by atoms with Crippen LogP contribution in [0.25, 0.3) is 0 Å². The Hall–Kier alpha value is -3.32. The SMILES string of the molecule is C=C(CCCc1cccc(OC(C)(C)C(=O)OCC)c1)N(CCC)C(=O)N(N)Cc1ccc(C)cc1. The lowest BCUT2D eigenvalue weighted by atomic mass is 10.1. The van der Waals surface area contributed by atoms with E-state index in [1.54, 1.807) is 25.7 Å². The zero-order chi connectivity index (χ0) is 26.7. The zero-order valence-corrected chi connectivity index (χ0v) is 22.4. The van der Waals surface area contributed by atoms with Crippen molar-refractivity contribution in [1.29, 1.82) is 0 Å². The molecule has 0 fully saturated rings. The lowest BCUT2D eigenvalue weighted by Crippen LogP contribution is -2.46. The summed E-state index contributed by atoms with van der Waals surface area (Å²) in [5.41, 5.74) is 2.89. The second-order valence-corrected chi connectivity index (χ2v) is 9.45. The van der Waals surface area contributed by atoms with Gasteiger partial charge in [-0.15, -0.1) is 0 Å². The van der Waals surface area contributed by atoms with Crippen LogP contribution in [0.2, 0.25) is 0 Å². The predicted octanol–water partition coefficient (Wildman–Crippen LogP) is 5.76. The maximum Gasteiger partial charge on any atom is 0.349 e. The maximum absolute atomic E-state index is 13.1. The number of esters is 1. The molecule has 0 radical (unpaired) electrons. The number of allylic oxidation sites excluding steroid dienone is 1. The minimum absolute atomic E-state index is 0.251. The Labute approximate surface area is 215 Å². The average Bonchev–Trinajstić information content (AvgIpc) is 2.83. The third-order valence-corrected chi connectivity index (χ3v) is 5.75. The molecule has 7 nitrogen and oxygen atoms in total. The number of aryl methyl sites for hydroxylation is 2. The molecule has 0 spiro atoms. The number of carbonyl (C=O) groups is 2. The van der Waals surface area contributed by atoms with E-state index >= 15 is 0 Å². The number of ether oxygens (including phenoxy) is 2. The van der Waals surface area contributed by atoms with E-state index in [0.29, 0.717) is 31.9 Å². The molecule has 7 heteroatoms. The van der Waals surface area contributed by atoms with E-state index in [4.69, 9.17) is 15.3 Å². The summed E-state index contributed by atoms with van der Waals surface area (Å²) in [4.78, 5) is 26.9. The summed E-state index contributed by atoms with van der Waals surface area (Å²) in [6.45, 7) is 14.6. The largest absolute Gasteiger partial charge is 0.476 e. The molecule has 0 heterocycles. The molecule has 0 aromatic heterocycles. The maximum atomic E-state index is 13.1. The predicted molar refractivity (Wildman–Crippen MR) is 143 cm³/mol. The van der Waals surface area contributed by atoms with Gasteiger partial charge in [-0.2, -0.15) is 0 Å². The van der Waals surface area contributed by atoms with Crippen LogP contribution in [0.5, 0.6) is 5.75 Å². The van der Waals surface area contributed by atoms with Gasteiger partial charge in [0, 0.05) is 12.2 Å². The van der Waals surface area contributed by atoms with Crippen molar-refractivity contribution >= 4 is 12.0 Å². The molecule has 0 aliphatic heterocycles. The first-order valence-corrected chi connectivity index (χ1v) is 12.6. The van der Waals surface area contributed by atoms with E-state index in [-0.39, 0.29) is 6.03 Å². The van der Waals surface area contributed by atoms with Gasteiger partial charge in [-0.05, 0) is 76.6 Å². The van der Waals surface area contributed by atoms with Crippen LogP contribution in [0.3, 0.4) is 0 Å². The summed E-state index contributed by atoms with van der Waals surface area (Å²) < 4.78 is 11.0. The van der Waals surface area contributed by atoms with Crippen LogP contribution in [0, 0.1) is 6.92 Å². The summed E-state index contributed by atoms with van der Waals surface area (Å²) in [5.74, 6) is 6.35. The van der Waals surface area contributed by atoms with Gasteiger partial charge >= 0.3 is 12.0 Å². The minimum Gasteiger partial charge on any atom is -0.476 e. The smallest absolute Gasteiger partial charge is 0.349 e. The van der Waals surface area contributed by atoms with Gasteiger partial charge in [0.25, 0.3) is 0 Å². The molecular weight excluding hydrogens is 454 g/mol. The highest BCUT2D eigenvalue weighted by Gasteiger charge is 2.31. The van der Waals surface area contributed by atoms with E-state index in [1.165, 1.54) is 5.01 Å². The number of rotatable bonds is 13. The quantitative estimate of drug-likeness (QED) is 0.165. The topological polar surface area (TPSA) is 85.1 Å². The third kappa shape index (κ3) is 8.72. The summed E-state index contributed by atoms with van der Waals surface area (Å²) in [6.07, 6.45) is 3.04. The molecule has 0 aliphatic rings. The molecule has 0 saturated heterocycles. The zero-order valence-electron chi connectivity index (χ0n) is 22.4. The first-order chi connectivity index (χ1) is 17.1. The van der Waals surface area contributed by atoms with E-state index < -0.39 is 11.6 Å². The van der Waals surface area contributed by atoms with Crippen LogP contribution in [0.4, 0.5) is 4.79 Å². The first-order valence-electron chi connectivity index (χ1n) is 12.6. The lowest BCUT2D eigenvalue weighted by Gasteiger charge is -2.29. The van der Waals surface area contributed by atoms with Gasteiger partial charge < -0.3 is 9.47 Å². The molecule has 2 amide bonds. The summed E-state index contributed by atoms with van der Waals surface area (Å²) in [5, 5.41) is 1.25. The first kappa shape index (κ1) is 28.9. The Bertz CT molecular complexity index is 1020. The molecule has 196 valence electrons. The Balaban J connectivity index is 1.94. The lowest BCUT2D eigenvalue weighted by molar-refractivity contribution is -0.158. The van der Waals surface area contributed by atoms with E-state index in [1.807, 2.05) is 62.4 Å². The molecule has 0 aliphatic carbocycles. The fourth-order valence-corrected chi connectivity index (χ4v) is 3.76. The Morgan fingerprint density at radius 3 is 2.39 bits per heavy atom. The van der Waals surface area contributed by atoms with Crippen molar-refractivity contribution in [2.75, 3.05) is 13.2 Å². The summed E-state index contributed by atoms with van der Waals surface area (Å²) in [6, 6.07) is 15.4. The van der Waals surface area contributed by atoms with Crippen molar-refractivity contribution in [1.82, 2.24) is 9.91 Å². The van der Waals surface area contributed by atoms with Gasteiger partial charge in [0.15, 0.2) is 5.60 Å². The monoisotopic (exact) mass is 495 g/mol. The Kier molecular flexibility index (Phi) is 11.0. The fourth-order valence-electron chi connectivity index (χ4n) is 3.76. The van der Waals surface area contributed by atoms with E-state index in [2.05, 4.69) is 6.58 Å². The number of hydrogen-bond donors (Lipinski definition) is 1. The van der Waals surface area contributed by atoms with E-state index in [0.717, 1.165) is 41.6 Å². The fraction of sp³-hybridized carbons (Fsp3) is 0.448. The van der Waals surface area contributed by atoms with Crippen molar-refractivity contribution in [3.8, 4) is 5.75 Å². The van der Waals surface area contributed by atoms with Crippen LogP contribution in [-0.2, 0) is 22.5 Å². The number of benzene rings is 2. The average molecular weight is 496 g/mol. The number of hydrogen-bond acceptors (Lipinski definition) is 5. The van der Waals surface area contributed by atoms with Crippen molar-refractivity contribution in [2.45, 2.75) is 72.4 Å². The molecule has 2 N–H and O–H groups in total. The second kappa shape index (κ2) is 13.7. The molecule has 2 aromatic rings. The normalized spacial score (nSPS) is 11.1. The van der Waals surface area contributed by atoms with Gasteiger partial charge in [-0.1, -0.05) is 55.5 Å². The van der Waals surface area contributed by atoms with Crippen LogP contribution >= 0.6 is 0 Å². The Morgan fingerprint density at radius 1 is 1.06 bits per heavy atom. The molecule has 36 heavy (non-hydrogen) atoms. The number of nitrogens with zero attached hydrogens (tertiary/aromatic N) is 2. The van der Waals surface area contributed by atoms with Crippen molar-refractivity contribution in [2.24, 2.45) is 5.84 Å². The standard InChI is InChI=1S/C29H41N3O4/c1-7-19-31(28(34)32(30)21-25-17-15-22(3)16-18-25)23(4)11-9-12-24-13-10-14-26(20-24)36-29(5,6)27(33)35-8-2/h10,13-18,20H,4,7-9,11-12,19,21,30H2,1-3,5-6H3. The van der Waals surface area contributed by atoms with Crippen molar-refractivity contribution < 1.29 is 19.1 Å². The van der Waals surface area contributed by atoms with Gasteiger partial charge in [-0.3, -0.25) is 9.91 Å². The highest BCUT2D eigenvalue weighted by atomic mass is 16.6. The minimum atomic E-state index is -1.07. The van der Waals surface area contributed by atoms with Crippen molar-refractivity contribution in [3.63, 3.8) is 0 Å². The molecule has 0 saturated carbocycles. The van der Waals surface area contributed by atoms with Gasteiger partial charge in [0.05, 0.1) is 13.2 Å². The van der Waals surface area contributed by atoms with Crippen molar-refractivity contribution in [3.05, 3.63) is 77.5 Å². The Morgan fingerprint density at radius 2 is 1.75 bits per heavy atom. The van der Waals surface area contributed by atoms with Crippen LogP contribution < -0.4 is 10.6 Å². The van der Waals surface area contributed by atoms with E-state index in [9.17, 15) is 9.59 Å². The van der Waals surface area contributed by atoms with Crippen LogP contribution in [0.15, 0.2) is 60.8 Å². The molecule has 2 aromatic carbocycles. The van der Waals surface area contributed by atoms with Crippen LogP contribution in [0.1, 0.15) is 63.6 Å². The number of amides is 2. The number of nitrogens with two attached hydrogens (primary N) is 1. The molecule has 0 bridgehead atoms. The summed E-state index contributed by atoms with van der Waals surface area (Å²) in [7, 11) is 0. The van der Waals surface area contributed by atoms with Gasteiger partial charge in [-0.25, -0.2) is 15.4 Å². The van der Waals surface area contributed by atoms with Gasteiger partial charge in [0.2, 0.25) is 0 Å². The van der Waals surface area contributed by atoms with Gasteiger partial charge in [0.1, 0.15) is 5.75 Å². The van der Waals surface area contributed by atoms with Crippen LogP contribution in [-0.4, -0.2) is 40.7 Å². The molecular formula is C29H41N3O4.